The number of amides is 1. The van der Waals surface area contributed by atoms with Crippen molar-refractivity contribution in [2.75, 3.05) is 39.3 Å². The van der Waals surface area contributed by atoms with Gasteiger partial charge in [-0.05, 0) is 18.9 Å². The molecule has 1 aromatic rings. The first-order valence-electron chi connectivity index (χ1n) is 7.69. The molecule has 22 heavy (non-hydrogen) atoms. The fourth-order valence-corrected chi connectivity index (χ4v) is 2.51. The summed E-state index contributed by atoms with van der Waals surface area (Å²) in [5.74, 6) is 0.147. The standard InChI is InChI=1S/C15H25N5O.ClH/c1-12(2)14-13(10-17-11-19-14)15(21)18-4-3-7-20-8-5-16-6-9-20;/h10-12,16H,3-9H2,1-2H3,(H,18,21);1H. The molecule has 124 valence electrons. The van der Waals surface area contributed by atoms with E-state index in [1.165, 1.54) is 6.33 Å². The van der Waals surface area contributed by atoms with Gasteiger partial charge in [0.15, 0.2) is 0 Å². The van der Waals surface area contributed by atoms with Crippen LogP contribution in [0, 0.1) is 0 Å². The molecule has 2 heterocycles. The van der Waals surface area contributed by atoms with Crippen LogP contribution in [0.5, 0.6) is 0 Å². The number of halogens is 1. The Morgan fingerprint density at radius 2 is 2.14 bits per heavy atom. The van der Waals surface area contributed by atoms with Crippen molar-refractivity contribution in [3.05, 3.63) is 23.8 Å². The highest BCUT2D eigenvalue weighted by molar-refractivity contribution is 5.95. The number of carbonyl (C=O) groups excluding carboxylic acids is 1. The van der Waals surface area contributed by atoms with Crippen molar-refractivity contribution in [3.8, 4) is 0 Å². The van der Waals surface area contributed by atoms with Crippen LogP contribution in [0.3, 0.4) is 0 Å². The second kappa shape index (κ2) is 9.71. The van der Waals surface area contributed by atoms with E-state index in [0.717, 1.165) is 44.8 Å². The Hall–Kier alpha value is -1.24. The molecule has 0 spiro atoms. The van der Waals surface area contributed by atoms with Gasteiger partial charge in [-0.1, -0.05) is 13.8 Å². The third-order valence-corrected chi connectivity index (χ3v) is 3.68. The van der Waals surface area contributed by atoms with Gasteiger partial charge in [0.1, 0.15) is 6.33 Å². The summed E-state index contributed by atoms with van der Waals surface area (Å²) < 4.78 is 0. The molecule has 2 N–H and O–H groups in total. The zero-order valence-electron chi connectivity index (χ0n) is 13.3. The average Bonchev–Trinajstić information content (AvgIpc) is 2.52. The summed E-state index contributed by atoms with van der Waals surface area (Å²) in [6, 6.07) is 0. The van der Waals surface area contributed by atoms with E-state index in [-0.39, 0.29) is 24.2 Å². The summed E-state index contributed by atoms with van der Waals surface area (Å²) in [5, 5.41) is 6.31. The van der Waals surface area contributed by atoms with Crippen LogP contribution in [0.25, 0.3) is 0 Å². The number of hydrogen-bond donors (Lipinski definition) is 2. The molecule has 1 aliphatic heterocycles. The van der Waals surface area contributed by atoms with Crippen molar-refractivity contribution in [2.45, 2.75) is 26.2 Å². The Bertz CT molecular complexity index is 463. The maximum absolute atomic E-state index is 12.2. The number of aromatic nitrogens is 2. The first-order valence-corrected chi connectivity index (χ1v) is 7.69. The SMILES string of the molecule is CC(C)c1ncncc1C(=O)NCCCN1CCNCC1.Cl. The molecule has 1 fully saturated rings. The fraction of sp³-hybridized carbons (Fsp3) is 0.667. The summed E-state index contributed by atoms with van der Waals surface area (Å²) in [5.41, 5.74) is 1.40. The molecule has 7 heteroatoms. The lowest BCUT2D eigenvalue weighted by molar-refractivity contribution is 0.0949. The molecule has 0 radical (unpaired) electrons. The lowest BCUT2D eigenvalue weighted by atomic mass is 10.0. The number of piperazine rings is 1. The van der Waals surface area contributed by atoms with E-state index >= 15 is 0 Å². The molecule has 1 aromatic heterocycles. The van der Waals surface area contributed by atoms with E-state index < -0.39 is 0 Å². The van der Waals surface area contributed by atoms with E-state index in [2.05, 4.69) is 25.5 Å². The topological polar surface area (TPSA) is 70.2 Å². The predicted molar refractivity (Wildman–Crippen MR) is 89.6 cm³/mol. The predicted octanol–water partition coefficient (Wildman–Crippen LogP) is 1.05. The number of carbonyl (C=O) groups is 1. The number of nitrogens with one attached hydrogen (secondary N) is 2. The van der Waals surface area contributed by atoms with E-state index in [1.807, 2.05) is 13.8 Å². The lowest BCUT2D eigenvalue weighted by Gasteiger charge is -2.27. The van der Waals surface area contributed by atoms with E-state index in [0.29, 0.717) is 12.1 Å². The minimum atomic E-state index is -0.0698. The number of nitrogens with zero attached hydrogens (tertiary/aromatic N) is 3. The first kappa shape index (κ1) is 18.8. The summed E-state index contributed by atoms with van der Waals surface area (Å²) in [6.45, 7) is 10.1. The molecule has 0 unspecified atom stereocenters. The van der Waals surface area contributed by atoms with Crippen molar-refractivity contribution in [3.63, 3.8) is 0 Å². The van der Waals surface area contributed by atoms with Crippen LogP contribution >= 0.6 is 12.4 Å². The van der Waals surface area contributed by atoms with Gasteiger partial charge in [-0.2, -0.15) is 0 Å². The minimum absolute atomic E-state index is 0. The van der Waals surface area contributed by atoms with Gasteiger partial charge in [0, 0.05) is 38.9 Å². The normalized spacial score (nSPS) is 15.4. The van der Waals surface area contributed by atoms with E-state index in [4.69, 9.17) is 0 Å². The van der Waals surface area contributed by atoms with Crippen LogP contribution in [0.1, 0.15) is 42.2 Å². The zero-order chi connectivity index (χ0) is 15.1. The molecule has 1 amide bonds. The van der Waals surface area contributed by atoms with Crippen molar-refractivity contribution < 1.29 is 4.79 Å². The Morgan fingerprint density at radius 3 is 2.82 bits per heavy atom. The lowest BCUT2D eigenvalue weighted by Crippen LogP contribution is -2.44. The van der Waals surface area contributed by atoms with Gasteiger partial charge >= 0.3 is 0 Å². The van der Waals surface area contributed by atoms with Crippen LogP contribution in [-0.4, -0.2) is 60.0 Å². The van der Waals surface area contributed by atoms with Crippen molar-refractivity contribution >= 4 is 18.3 Å². The monoisotopic (exact) mass is 327 g/mol. The van der Waals surface area contributed by atoms with Crippen molar-refractivity contribution in [2.24, 2.45) is 0 Å². The highest BCUT2D eigenvalue weighted by Crippen LogP contribution is 2.15. The number of rotatable bonds is 6. The highest BCUT2D eigenvalue weighted by Gasteiger charge is 2.15. The summed E-state index contributed by atoms with van der Waals surface area (Å²) in [7, 11) is 0. The molecule has 0 aromatic carbocycles. The zero-order valence-corrected chi connectivity index (χ0v) is 14.2. The van der Waals surface area contributed by atoms with Crippen LogP contribution in [-0.2, 0) is 0 Å². The van der Waals surface area contributed by atoms with Gasteiger partial charge in [0.2, 0.25) is 0 Å². The van der Waals surface area contributed by atoms with Gasteiger partial charge in [0.25, 0.3) is 5.91 Å². The summed E-state index contributed by atoms with van der Waals surface area (Å²) in [6.07, 6.45) is 4.07. The molecule has 1 aliphatic rings. The molecule has 0 saturated carbocycles. The van der Waals surface area contributed by atoms with Gasteiger partial charge in [0.05, 0.1) is 11.3 Å². The third-order valence-electron chi connectivity index (χ3n) is 3.68. The molecular weight excluding hydrogens is 302 g/mol. The average molecular weight is 328 g/mol. The van der Waals surface area contributed by atoms with E-state index in [9.17, 15) is 4.79 Å². The first-order chi connectivity index (χ1) is 10.2. The molecule has 6 nitrogen and oxygen atoms in total. The van der Waals surface area contributed by atoms with Crippen LogP contribution < -0.4 is 10.6 Å². The van der Waals surface area contributed by atoms with Gasteiger partial charge < -0.3 is 15.5 Å². The Balaban J connectivity index is 0.00000242. The van der Waals surface area contributed by atoms with Crippen LogP contribution in [0.15, 0.2) is 12.5 Å². The maximum Gasteiger partial charge on any atom is 0.254 e. The Morgan fingerprint density at radius 1 is 1.41 bits per heavy atom. The van der Waals surface area contributed by atoms with Crippen molar-refractivity contribution in [1.29, 1.82) is 0 Å². The quantitative estimate of drug-likeness (QED) is 0.764. The third kappa shape index (κ3) is 5.51. The van der Waals surface area contributed by atoms with Gasteiger partial charge in [-0.25, -0.2) is 9.97 Å². The summed E-state index contributed by atoms with van der Waals surface area (Å²) >= 11 is 0. The van der Waals surface area contributed by atoms with Crippen LogP contribution in [0.2, 0.25) is 0 Å². The molecule has 2 rings (SSSR count). The largest absolute Gasteiger partial charge is 0.352 e. The molecule has 0 bridgehead atoms. The Labute approximate surface area is 138 Å². The van der Waals surface area contributed by atoms with Gasteiger partial charge in [-0.15, -0.1) is 12.4 Å². The van der Waals surface area contributed by atoms with Crippen LogP contribution in [0.4, 0.5) is 0 Å². The molecule has 0 atom stereocenters. The second-order valence-electron chi connectivity index (χ2n) is 5.68. The highest BCUT2D eigenvalue weighted by atomic mass is 35.5. The maximum atomic E-state index is 12.2. The molecular formula is C15H26ClN5O. The van der Waals surface area contributed by atoms with Gasteiger partial charge in [-0.3, -0.25) is 4.79 Å². The second-order valence-corrected chi connectivity index (χ2v) is 5.68. The fourth-order valence-electron chi connectivity index (χ4n) is 2.51. The summed E-state index contributed by atoms with van der Waals surface area (Å²) in [4.78, 5) is 22.8. The van der Waals surface area contributed by atoms with Crippen molar-refractivity contribution in [1.82, 2.24) is 25.5 Å². The number of hydrogen-bond acceptors (Lipinski definition) is 5. The molecule has 1 saturated heterocycles. The smallest absolute Gasteiger partial charge is 0.254 e. The minimum Gasteiger partial charge on any atom is -0.352 e. The molecule has 0 aliphatic carbocycles. The van der Waals surface area contributed by atoms with E-state index in [1.54, 1.807) is 6.20 Å². The Kier molecular flexibility index (Phi) is 8.30.